The van der Waals surface area contributed by atoms with Crippen LogP contribution in [0.3, 0.4) is 0 Å². The van der Waals surface area contributed by atoms with Crippen LogP contribution >= 0.6 is 0 Å². The SMILES string of the molecule is CCCC(C)(CC(C)(C)C=CC(C)(C)CC(C)(C)C)C(=O)NCCc1ccc(O)c(O)c1. The monoisotopic (exact) mass is 445 g/mol. The first-order chi connectivity index (χ1) is 14.5. The van der Waals surface area contributed by atoms with Crippen LogP contribution in [0.25, 0.3) is 0 Å². The van der Waals surface area contributed by atoms with Gasteiger partial charge < -0.3 is 15.5 Å². The molecule has 0 saturated heterocycles. The van der Waals surface area contributed by atoms with Gasteiger partial charge in [-0.05, 0) is 59.6 Å². The molecule has 1 atom stereocenters. The smallest absolute Gasteiger partial charge is 0.225 e. The summed E-state index contributed by atoms with van der Waals surface area (Å²) in [4.78, 5) is 13.2. The van der Waals surface area contributed by atoms with Crippen LogP contribution in [-0.4, -0.2) is 22.7 Å². The minimum atomic E-state index is -0.451. The van der Waals surface area contributed by atoms with Crippen molar-refractivity contribution in [3.63, 3.8) is 0 Å². The Kier molecular flexibility index (Phi) is 9.44. The summed E-state index contributed by atoms with van der Waals surface area (Å²) >= 11 is 0. The molecule has 0 bridgehead atoms. The van der Waals surface area contributed by atoms with Gasteiger partial charge in [0.2, 0.25) is 5.91 Å². The van der Waals surface area contributed by atoms with Gasteiger partial charge in [0.15, 0.2) is 11.5 Å². The minimum absolute atomic E-state index is 0.0813. The Hall–Kier alpha value is -1.97. The van der Waals surface area contributed by atoms with Crippen LogP contribution in [0.4, 0.5) is 0 Å². The molecule has 182 valence electrons. The van der Waals surface area contributed by atoms with Crippen LogP contribution in [0.2, 0.25) is 0 Å². The summed E-state index contributed by atoms with van der Waals surface area (Å²) in [6.07, 6.45) is 8.91. The van der Waals surface area contributed by atoms with E-state index in [1.165, 1.54) is 6.07 Å². The largest absolute Gasteiger partial charge is 0.504 e. The third-order valence-electron chi connectivity index (χ3n) is 5.91. The van der Waals surface area contributed by atoms with Crippen molar-refractivity contribution in [2.75, 3.05) is 6.54 Å². The molecule has 4 heteroatoms. The van der Waals surface area contributed by atoms with Crippen LogP contribution in [0, 0.1) is 21.7 Å². The number of hydrogen-bond donors (Lipinski definition) is 3. The Morgan fingerprint density at radius 2 is 1.47 bits per heavy atom. The van der Waals surface area contributed by atoms with Gasteiger partial charge in [0.25, 0.3) is 0 Å². The molecule has 0 aromatic heterocycles. The highest BCUT2D eigenvalue weighted by atomic mass is 16.3. The van der Waals surface area contributed by atoms with Crippen molar-refractivity contribution in [2.45, 2.75) is 94.4 Å². The predicted octanol–water partition coefficient (Wildman–Crippen LogP) is 7.00. The number of aromatic hydroxyl groups is 2. The molecule has 0 aliphatic rings. The number of phenols is 2. The van der Waals surface area contributed by atoms with E-state index in [4.69, 9.17) is 0 Å². The van der Waals surface area contributed by atoms with Gasteiger partial charge in [0, 0.05) is 12.0 Å². The summed E-state index contributed by atoms with van der Waals surface area (Å²) in [6.45, 7) is 20.5. The van der Waals surface area contributed by atoms with Gasteiger partial charge >= 0.3 is 0 Å². The summed E-state index contributed by atoms with van der Waals surface area (Å²) in [7, 11) is 0. The van der Waals surface area contributed by atoms with Crippen molar-refractivity contribution in [3.05, 3.63) is 35.9 Å². The summed E-state index contributed by atoms with van der Waals surface area (Å²) in [5.74, 6) is -0.181. The number of carbonyl (C=O) groups excluding carboxylic acids is 1. The van der Waals surface area contributed by atoms with E-state index in [1.54, 1.807) is 12.1 Å². The first-order valence-corrected chi connectivity index (χ1v) is 12.0. The Morgan fingerprint density at radius 1 is 0.906 bits per heavy atom. The third kappa shape index (κ3) is 9.67. The molecular formula is C28H47NO3. The molecule has 0 aliphatic heterocycles. The highest BCUT2D eigenvalue weighted by Gasteiger charge is 2.37. The van der Waals surface area contributed by atoms with E-state index < -0.39 is 5.41 Å². The molecule has 0 radical (unpaired) electrons. The van der Waals surface area contributed by atoms with E-state index in [9.17, 15) is 15.0 Å². The number of amides is 1. The fourth-order valence-corrected chi connectivity index (χ4v) is 5.03. The van der Waals surface area contributed by atoms with Crippen LogP contribution < -0.4 is 5.32 Å². The molecule has 1 aromatic rings. The first kappa shape index (κ1) is 28.1. The molecule has 0 saturated carbocycles. The van der Waals surface area contributed by atoms with E-state index in [-0.39, 0.29) is 33.7 Å². The highest BCUT2D eigenvalue weighted by molar-refractivity contribution is 5.82. The van der Waals surface area contributed by atoms with Crippen LogP contribution in [0.5, 0.6) is 11.5 Å². The topological polar surface area (TPSA) is 69.6 Å². The normalized spacial score (nSPS) is 15.0. The third-order valence-corrected chi connectivity index (χ3v) is 5.91. The number of benzene rings is 1. The Morgan fingerprint density at radius 3 is 1.97 bits per heavy atom. The number of allylic oxidation sites excluding steroid dienone is 2. The maximum absolute atomic E-state index is 13.2. The fourth-order valence-electron chi connectivity index (χ4n) is 5.03. The number of carbonyl (C=O) groups is 1. The lowest BCUT2D eigenvalue weighted by atomic mass is 9.69. The molecule has 1 unspecified atom stereocenters. The first-order valence-electron chi connectivity index (χ1n) is 12.0. The van der Waals surface area contributed by atoms with Crippen molar-refractivity contribution in [2.24, 2.45) is 21.7 Å². The van der Waals surface area contributed by atoms with Crippen LogP contribution in [-0.2, 0) is 11.2 Å². The summed E-state index contributed by atoms with van der Waals surface area (Å²) in [5.41, 5.74) is 0.701. The average Bonchev–Trinajstić information content (AvgIpc) is 2.61. The van der Waals surface area contributed by atoms with E-state index in [0.717, 1.165) is 31.2 Å². The van der Waals surface area contributed by atoms with Crippen LogP contribution in [0.15, 0.2) is 30.4 Å². The van der Waals surface area contributed by atoms with Crippen molar-refractivity contribution in [3.8, 4) is 11.5 Å². The minimum Gasteiger partial charge on any atom is -0.504 e. The summed E-state index contributed by atoms with van der Waals surface area (Å²) in [5, 5.41) is 22.2. The molecule has 32 heavy (non-hydrogen) atoms. The van der Waals surface area contributed by atoms with E-state index >= 15 is 0 Å². The number of phenolic OH excluding ortho intramolecular Hbond substituents is 2. The molecule has 0 aliphatic carbocycles. The maximum atomic E-state index is 13.2. The highest BCUT2D eigenvalue weighted by Crippen LogP contribution is 2.41. The molecule has 4 nitrogen and oxygen atoms in total. The molecule has 3 N–H and O–H groups in total. The molecule has 1 amide bonds. The predicted molar refractivity (Wildman–Crippen MR) is 135 cm³/mol. The molecule has 1 rings (SSSR count). The Balaban J connectivity index is 2.83. The number of rotatable bonds is 11. The molecule has 1 aromatic carbocycles. The second kappa shape index (κ2) is 10.8. The molecule has 0 fully saturated rings. The van der Waals surface area contributed by atoms with Crippen molar-refractivity contribution < 1.29 is 15.0 Å². The lowest BCUT2D eigenvalue weighted by Crippen LogP contribution is -2.42. The molecule has 0 spiro atoms. The second-order valence-electron chi connectivity index (χ2n) is 12.4. The lowest BCUT2D eigenvalue weighted by Gasteiger charge is -2.36. The van der Waals surface area contributed by atoms with Crippen LogP contribution in [0.1, 0.15) is 93.6 Å². The van der Waals surface area contributed by atoms with E-state index in [1.807, 2.05) is 0 Å². The molecular weight excluding hydrogens is 398 g/mol. The second-order valence-corrected chi connectivity index (χ2v) is 12.4. The van der Waals surface area contributed by atoms with Gasteiger partial charge in [0.1, 0.15) is 0 Å². The zero-order valence-electron chi connectivity index (χ0n) is 21.9. The lowest BCUT2D eigenvalue weighted by molar-refractivity contribution is -0.132. The fraction of sp³-hybridized carbons (Fsp3) is 0.679. The molecule has 0 heterocycles. The van der Waals surface area contributed by atoms with Gasteiger partial charge in [-0.2, -0.15) is 0 Å². The Bertz CT molecular complexity index is 786. The average molecular weight is 446 g/mol. The Labute approximate surface area is 196 Å². The quantitative estimate of drug-likeness (QED) is 0.254. The number of hydrogen-bond acceptors (Lipinski definition) is 3. The van der Waals surface area contributed by atoms with E-state index in [2.05, 4.69) is 79.8 Å². The summed E-state index contributed by atoms with van der Waals surface area (Å²) < 4.78 is 0. The zero-order valence-corrected chi connectivity index (χ0v) is 21.9. The van der Waals surface area contributed by atoms with Gasteiger partial charge in [0.05, 0.1) is 0 Å². The van der Waals surface area contributed by atoms with Crippen molar-refractivity contribution in [1.29, 1.82) is 0 Å². The maximum Gasteiger partial charge on any atom is 0.225 e. The van der Waals surface area contributed by atoms with Gasteiger partial charge in [-0.1, -0.05) is 87.0 Å². The van der Waals surface area contributed by atoms with Gasteiger partial charge in [-0.3, -0.25) is 4.79 Å². The van der Waals surface area contributed by atoms with Gasteiger partial charge in [-0.15, -0.1) is 0 Å². The summed E-state index contributed by atoms with van der Waals surface area (Å²) in [6, 6.07) is 4.78. The van der Waals surface area contributed by atoms with Crippen molar-refractivity contribution >= 4 is 5.91 Å². The standard InChI is InChI=1S/C28H47NO3/c1-10-14-28(9,20-27(7,8)16-15-26(5,6)19-25(2,3)4)24(32)29-17-13-21-11-12-22(30)23(31)18-21/h11-12,15-16,18,30-31H,10,13-14,17,19-20H2,1-9H3,(H,29,32). The van der Waals surface area contributed by atoms with Crippen molar-refractivity contribution in [1.82, 2.24) is 5.32 Å². The zero-order chi connectivity index (χ0) is 24.8. The van der Waals surface area contributed by atoms with E-state index in [0.29, 0.717) is 13.0 Å². The van der Waals surface area contributed by atoms with Gasteiger partial charge in [-0.25, -0.2) is 0 Å². The number of nitrogens with one attached hydrogen (secondary N) is 1.